The largest absolute Gasteiger partial charge is 0.496 e. The number of alkyl halides is 2. The average Bonchev–Trinajstić information content (AvgIpc) is 2.70. The summed E-state index contributed by atoms with van der Waals surface area (Å²) in [5.74, 6) is -2.65. The van der Waals surface area contributed by atoms with E-state index in [1.54, 1.807) is 18.2 Å². The van der Waals surface area contributed by atoms with Crippen LogP contribution in [0.3, 0.4) is 0 Å². The highest BCUT2D eigenvalue weighted by Gasteiger charge is 2.42. The molecule has 1 heterocycles. The van der Waals surface area contributed by atoms with Crippen LogP contribution in [0.2, 0.25) is 0 Å². The van der Waals surface area contributed by atoms with Gasteiger partial charge in [-0.25, -0.2) is 8.78 Å². The molecule has 0 bridgehead atoms. The predicted octanol–water partition coefficient (Wildman–Crippen LogP) is 2.82. The summed E-state index contributed by atoms with van der Waals surface area (Å²) in [5.41, 5.74) is 0.523. The summed E-state index contributed by atoms with van der Waals surface area (Å²) in [6.07, 6.45) is -0.476. The quantitative estimate of drug-likeness (QED) is 0.859. The number of halogens is 4. The number of amides is 1. The van der Waals surface area contributed by atoms with Crippen LogP contribution in [0.25, 0.3) is 0 Å². The van der Waals surface area contributed by atoms with Crippen LogP contribution >= 0.6 is 28.3 Å². The first kappa shape index (κ1) is 17.1. The van der Waals surface area contributed by atoms with Gasteiger partial charge < -0.3 is 10.1 Å². The lowest BCUT2D eigenvalue weighted by Gasteiger charge is -2.12. The van der Waals surface area contributed by atoms with Crippen molar-refractivity contribution in [1.29, 1.82) is 0 Å². The summed E-state index contributed by atoms with van der Waals surface area (Å²) in [4.78, 5) is 11.8. The number of nitrogens with one attached hydrogen (secondary N) is 2. The maximum atomic E-state index is 13.0. The van der Waals surface area contributed by atoms with Crippen molar-refractivity contribution >= 4 is 39.9 Å². The molecule has 1 fully saturated rings. The molecule has 4 nitrogen and oxygen atoms in total. The van der Waals surface area contributed by atoms with Crippen LogP contribution in [-0.4, -0.2) is 31.5 Å². The molecule has 8 heteroatoms. The molecule has 0 aliphatic carbocycles. The van der Waals surface area contributed by atoms with Crippen molar-refractivity contribution in [3.63, 3.8) is 0 Å². The average molecular weight is 372 g/mol. The number of ether oxygens (including phenoxy) is 1. The molecule has 112 valence electrons. The Labute approximate surface area is 129 Å². The molecule has 0 radical (unpaired) electrons. The zero-order chi connectivity index (χ0) is 14.0. The maximum absolute atomic E-state index is 13.0. The van der Waals surface area contributed by atoms with E-state index in [1.165, 1.54) is 7.11 Å². The van der Waals surface area contributed by atoms with E-state index in [2.05, 4.69) is 26.6 Å². The van der Waals surface area contributed by atoms with Crippen molar-refractivity contribution in [1.82, 2.24) is 5.32 Å². The number of hydrogen-bond acceptors (Lipinski definition) is 3. The van der Waals surface area contributed by atoms with E-state index in [1.807, 2.05) is 0 Å². The second-order valence-corrected chi connectivity index (χ2v) is 5.19. The minimum atomic E-state index is -2.82. The van der Waals surface area contributed by atoms with Gasteiger partial charge in [0.1, 0.15) is 5.75 Å². The number of hydrogen-bond donors (Lipinski definition) is 2. The van der Waals surface area contributed by atoms with E-state index in [0.717, 1.165) is 0 Å². The molecule has 0 saturated carbocycles. The molecule has 1 unspecified atom stereocenters. The molecule has 20 heavy (non-hydrogen) atoms. The number of carbonyl (C=O) groups is 1. The molecule has 1 aromatic rings. The van der Waals surface area contributed by atoms with Gasteiger partial charge in [-0.2, -0.15) is 0 Å². The van der Waals surface area contributed by atoms with Gasteiger partial charge in [0.25, 0.3) is 5.92 Å². The number of benzene rings is 1. The highest BCUT2D eigenvalue weighted by Crippen LogP contribution is 2.29. The van der Waals surface area contributed by atoms with E-state index < -0.39 is 30.8 Å². The Balaban J connectivity index is 0.00000200. The number of anilines is 1. The van der Waals surface area contributed by atoms with Gasteiger partial charge in [-0.15, -0.1) is 12.4 Å². The van der Waals surface area contributed by atoms with Crippen LogP contribution in [-0.2, 0) is 4.79 Å². The van der Waals surface area contributed by atoms with E-state index in [0.29, 0.717) is 15.9 Å². The van der Waals surface area contributed by atoms with Gasteiger partial charge in [0, 0.05) is 12.1 Å². The van der Waals surface area contributed by atoms with Gasteiger partial charge in [0.05, 0.1) is 24.2 Å². The minimum Gasteiger partial charge on any atom is -0.496 e. The van der Waals surface area contributed by atoms with Gasteiger partial charge in [0.15, 0.2) is 0 Å². The topological polar surface area (TPSA) is 50.4 Å². The second kappa shape index (κ2) is 6.69. The Bertz CT molecular complexity index is 502. The molecular weight excluding hydrogens is 357 g/mol. The fourth-order valence-corrected chi connectivity index (χ4v) is 2.42. The molecule has 1 saturated heterocycles. The third-order valence-electron chi connectivity index (χ3n) is 2.85. The van der Waals surface area contributed by atoms with Crippen molar-refractivity contribution < 1.29 is 18.3 Å². The van der Waals surface area contributed by atoms with Crippen LogP contribution < -0.4 is 15.4 Å². The van der Waals surface area contributed by atoms with Crippen molar-refractivity contribution in [3.05, 3.63) is 22.7 Å². The molecule has 1 aromatic carbocycles. The number of methoxy groups -OCH3 is 1. The van der Waals surface area contributed by atoms with Crippen LogP contribution in [0, 0.1) is 0 Å². The van der Waals surface area contributed by atoms with Crippen molar-refractivity contribution in [2.75, 3.05) is 19.0 Å². The first-order chi connectivity index (χ1) is 8.91. The standard InChI is InChI=1S/C12H13BrF2N2O2.ClH/c1-19-10-3-2-7(4-8(10)13)17-11(18)9-5-12(14,15)6-16-9;/h2-4,9,16H,5-6H2,1H3,(H,17,18);1H. The Morgan fingerprint density at radius 3 is 2.75 bits per heavy atom. The predicted molar refractivity (Wildman–Crippen MR) is 77.9 cm³/mol. The maximum Gasteiger partial charge on any atom is 0.262 e. The Hall–Kier alpha value is -0.920. The van der Waals surface area contributed by atoms with Crippen LogP contribution in [0.4, 0.5) is 14.5 Å². The van der Waals surface area contributed by atoms with Crippen molar-refractivity contribution in [3.8, 4) is 5.75 Å². The van der Waals surface area contributed by atoms with Crippen LogP contribution in [0.1, 0.15) is 6.42 Å². The highest BCUT2D eigenvalue weighted by atomic mass is 79.9. The van der Waals surface area contributed by atoms with Crippen LogP contribution in [0.15, 0.2) is 22.7 Å². The molecule has 0 aromatic heterocycles. The lowest BCUT2D eigenvalue weighted by molar-refractivity contribution is -0.118. The summed E-state index contributed by atoms with van der Waals surface area (Å²) in [6, 6.07) is 4.12. The Kier molecular flexibility index (Phi) is 5.73. The number of carbonyl (C=O) groups excluding carboxylic acids is 1. The fraction of sp³-hybridized carbons (Fsp3) is 0.417. The zero-order valence-corrected chi connectivity index (χ0v) is 13.0. The molecule has 1 aliphatic heterocycles. The molecular formula is C12H14BrClF2N2O2. The molecule has 2 rings (SSSR count). The third-order valence-corrected chi connectivity index (χ3v) is 3.47. The SMILES string of the molecule is COc1ccc(NC(=O)C2CC(F)(F)CN2)cc1Br.Cl. The Morgan fingerprint density at radius 2 is 2.25 bits per heavy atom. The molecule has 1 atom stereocenters. The van der Waals surface area contributed by atoms with Gasteiger partial charge in [-0.1, -0.05) is 0 Å². The summed E-state index contributed by atoms with van der Waals surface area (Å²) < 4.78 is 31.7. The van der Waals surface area contributed by atoms with E-state index in [-0.39, 0.29) is 12.4 Å². The minimum absolute atomic E-state index is 0. The lowest BCUT2D eigenvalue weighted by atomic mass is 10.2. The summed E-state index contributed by atoms with van der Waals surface area (Å²) in [5, 5.41) is 5.10. The van der Waals surface area contributed by atoms with Gasteiger partial charge in [-0.05, 0) is 34.1 Å². The molecule has 1 aliphatic rings. The van der Waals surface area contributed by atoms with E-state index in [4.69, 9.17) is 4.74 Å². The normalized spacial score (nSPS) is 20.1. The summed E-state index contributed by atoms with van der Waals surface area (Å²) in [7, 11) is 1.53. The molecule has 2 N–H and O–H groups in total. The lowest BCUT2D eigenvalue weighted by Crippen LogP contribution is -2.35. The number of rotatable bonds is 3. The van der Waals surface area contributed by atoms with Gasteiger partial charge >= 0.3 is 0 Å². The highest BCUT2D eigenvalue weighted by molar-refractivity contribution is 9.10. The Morgan fingerprint density at radius 1 is 1.55 bits per heavy atom. The van der Waals surface area contributed by atoms with E-state index >= 15 is 0 Å². The fourth-order valence-electron chi connectivity index (χ4n) is 1.87. The second-order valence-electron chi connectivity index (χ2n) is 4.33. The summed E-state index contributed by atoms with van der Waals surface area (Å²) >= 11 is 3.29. The molecule has 1 amide bonds. The van der Waals surface area contributed by atoms with Crippen molar-refractivity contribution in [2.45, 2.75) is 18.4 Å². The van der Waals surface area contributed by atoms with E-state index in [9.17, 15) is 13.6 Å². The first-order valence-corrected chi connectivity index (χ1v) is 6.46. The first-order valence-electron chi connectivity index (χ1n) is 5.67. The monoisotopic (exact) mass is 370 g/mol. The smallest absolute Gasteiger partial charge is 0.262 e. The van der Waals surface area contributed by atoms with Crippen LogP contribution in [0.5, 0.6) is 5.75 Å². The third kappa shape index (κ3) is 4.04. The zero-order valence-electron chi connectivity index (χ0n) is 10.6. The molecule has 0 spiro atoms. The van der Waals surface area contributed by atoms with Gasteiger partial charge in [-0.3, -0.25) is 10.1 Å². The van der Waals surface area contributed by atoms with Crippen molar-refractivity contribution in [2.24, 2.45) is 0 Å². The summed E-state index contributed by atoms with van der Waals surface area (Å²) in [6.45, 7) is -0.461. The van der Waals surface area contributed by atoms with Gasteiger partial charge in [0.2, 0.25) is 5.91 Å².